The molecule has 1 saturated heterocycles. The minimum Gasteiger partial charge on any atom is -0.361 e. The molecule has 7 heteroatoms. The number of hydrogen-bond acceptors (Lipinski definition) is 5. The SMILES string of the molecule is Cc1cc(CN2CCN([C@@H](C(=O)Nc3ccc(C)c(Cl)c3)c3ccccc3)CC2)no1. The number of piperazine rings is 1. The number of benzene rings is 2. The first-order chi connectivity index (χ1) is 15.0. The van der Waals surface area contributed by atoms with E-state index in [1.54, 1.807) is 6.07 Å². The fourth-order valence-electron chi connectivity index (χ4n) is 3.95. The smallest absolute Gasteiger partial charge is 0.246 e. The summed E-state index contributed by atoms with van der Waals surface area (Å²) in [6, 6.07) is 17.2. The van der Waals surface area contributed by atoms with Crippen LogP contribution >= 0.6 is 11.6 Å². The second-order valence-corrected chi connectivity index (χ2v) is 8.41. The lowest BCUT2D eigenvalue weighted by Crippen LogP contribution is -2.49. The topological polar surface area (TPSA) is 61.6 Å². The van der Waals surface area contributed by atoms with Gasteiger partial charge in [-0.25, -0.2) is 0 Å². The third-order valence-corrected chi connectivity index (χ3v) is 6.04. The summed E-state index contributed by atoms with van der Waals surface area (Å²) in [5, 5.41) is 7.80. The predicted molar refractivity (Wildman–Crippen MR) is 122 cm³/mol. The summed E-state index contributed by atoms with van der Waals surface area (Å²) in [6.45, 7) is 7.91. The number of nitrogens with one attached hydrogen (secondary N) is 1. The lowest BCUT2D eigenvalue weighted by Gasteiger charge is -2.38. The van der Waals surface area contributed by atoms with Gasteiger partial charge in [0.2, 0.25) is 5.91 Å². The molecule has 4 rings (SSSR count). The number of nitrogens with zero attached hydrogens (tertiary/aromatic N) is 3. The minimum atomic E-state index is -0.363. The molecule has 2 aromatic carbocycles. The van der Waals surface area contributed by atoms with Crippen LogP contribution in [0.3, 0.4) is 0 Å². The third kappa shape index (κ3) is 5.34. The van der Waals surface area contributed by atoms with Crippen LogP contribution in [-0.2, 0) is 11.3 Å². The Morgan fingerprint density at radius 2 is 1.84 bits per heavy atom. The Morgan fingerprint density at radius 3 is 2.48 bits per heavy atom. The third-order valence-electron chi connectivity index (χ3n) is 5.64. The fourth-order valence-corrected chi connectivity index (χ4v) is 4.13. The van der Waals surface area contributed by atoms with Crippen LogP contribution in [0.5, 0.6) is 0 Å². The molecule has 3 aromatic rings. The zero-order chi connectivity index (χ0) is 21.8. The molecule has 0 aliphatic carbocycles. The molecule has 1 aliphatic rings. The van der Waals surface area contributed by atoms with Gasteiger partial charge in [0.15, 0.2) is 0 Å². The van der Waals surface area contributed by atoms with Gasteiger partial charge in [0, 0.05) is 49.5 Å². The average Bonchev–Trinajstić information content (AvgIpc) is 3.17. The molecule has 0 spiro atoms. The highest BCUT2D eigenvalue weighted by Gasteiger charge is 2.30. The van der Waals surface area contributed by atoms with E-state index in [1.807, 2.05) is 62.4 Å². The van der Waals surface area contributed by atoms with Crippen molar-refractivity contribution in [1.82, 2.24) is 15.0 Å². The van der Waals surface area contributed by atoms with Gasteiger partial charge in [0.1, 0.15) is 11.8 Å². The van der Waals surface area contributed by atoms with Crippen molar-refractivity contribution in [1.29, 1.82) is 0 Å². The number of carbonyl (C=O) groups is 1. The number of aromatic nitrogens is 1. The van der Waals surface area contributed by atoms with Gasteiger partial charge in [0.05, 0.1) is 5.69 Å². The second kappa shape index (κ2) is 9.64. The van der Waals surface area contributed by atoms with Gasteiger partial charge in [-0.2, -0.15) is 0 Å². The molecule has 162 valence electrons. The zero-order valence-electron chi connectivity index (χ0n) is 17.8. The molecule has 1 amide bonds. The Bertz CT molecular complexity index is 1030. The maximum atomic E-state index is 13.4. The normalized spacial score (nSPS) is 16.2. The maximum absolute atomic E-state index is 13.4. The quantitative estimate of drug-likeness (QED) is 0.616. The Labute approximate surface area is 187 Å². The number of carbonyl (C=O) groups excluding carboxylic acids is 1. The number of amides is 1. The summed E-state index contributed by atoms with van der Waals surface area (Å²) >= 11 is 6.25. The second-order valence-electron chi connectivity index (χ2n) is 8.01. The Kier molecular flexibility index (Phi) is 6.70. The van der Waals surface area contributed by atoms with E-state index in [2.05, 4.69) is 20.3 Å². The molecule has 0 bridgehead atoms. The van der Waals surface area contributed by atoms with E-state index in [0.717, 1.165) is 55.3 Å². The van der Waals surface area contributed by atoms with E-state index in [-0.39, 0.29) is 11.9 Å². The molecule has 0 saturated carbocycles. The van der Waals surface area contributed by atoms with Gasteiger partial charge in [-0.3, -0.25) is 14.6 Å². The van der Waals surface area contributed by atoms with Crippen LogP contribution in [0.2, 0.25) is 5.02 Å². The highest BCUT2D eigenvalue weighted by molar-refractivity contribution is 6.31. The molecular formula is C24H27ClN4O2. The molecule has 1 fully saturated rings. The van der Waals surface area contributed by atoms with Crippen molar-refractivity contribution >= 4 is 23.2 Å². The molecule has 31 heavy (non-hydrogen) atoms. The Balaban J connectivity index is 1.46. The van der Waals surface area contributed by atoms with Crippen LogP contribution < -0.4 is 5.32 Å². The highest BCUT2D eigenvalue weighted by atomic mass is 35.5. The number of halogens is 1. The number of aryl methyl sites for hydroxylation is 2. The standard InChI is InChI=1S/C24H27ClN4O2/c1-17-8-9-20(15-22(17)25)26-24(30)23(19-6-4-3-5-7-19)29-12-10-28(11-13-29)16-21-14-18(2)31-27-21/h3-9,14-15,23H,10-13,16H2,1-2H3,(H,26,30)/t23-/m1/s1. The molecule has 1 atom stereocenters. The van der Waals surface area contributed by atoms with Gasteiger partial charge < -0.3 is 9.84 Å². The number of anilines is 1. The molecule has 0 radical (unpaired) electrons. The molecule has 0 unspecified atom stereocenters. The summed E-state index contributed by atoms with van der Waals surface area (Å²) in [7, 11) is 0. The monoisotopic (exact) mass is 438 g/mol. The lowest BCUT2D eigenvalue weighted by atomic mass is 10.0. The van der Waals surface area contributed by atoms with Crippen molar-refractivity contribution in [3.63, 3.8) is 0 Å². The number of rotatable bonds is 6. The molecule has 6 nitrogen and oxygen atoms in total. The summed E-state index contributed by atoms with van der Waals surface area (Å²) in [5.74, 6) is 0.775. The van der Waals surface area contributed by atoms with Crippen LogP contribution in [-0.4, -0.2) is 47.0 Å². The van der Waals surface area contributed by atoms with Crippen molar-refractivity contribution in [2.45, 2.75) is 26.4 Å². The van der Waals surface area contributed by atoms with E-state index in [9.17, 15) is 4.79 Å². The molecule has 2 heterocycles. The van der Waals surface area contributed by atoms with E-state index in [0.29, 0.717) is 10.7 Å². The first-order valence-corrected chi connectivity index (χ1v) is 10.9. The van der Waals surface area contributed by atoms with Crippen LogP contribution in [0.25, 0.3) is 0 Å². The Morgan fingerprint density at radius 1 is 1.10 bits per heavy atom. The van der Waals surface area contributed by atoms with Crippen molar-refractivity contribution < 1.29 is 9.32 Å². The molecule has 1 aromatic heterocycles. The van der Waals surface area contributed by atoms with Gasteiger partial charge in [0.25, 0.3) is 0 Å². The van der Waals surface area contributed by atoms with Crippen LogP contribution in [0.15, 0.2) is 59.1 Å². The summed E-state index contributed by atoms with van der Waals surface area (Å²) < 4.78 is 5.18. The van der Waals surface area contributed by atoms with Crippen LogP contribution in [0, 0.1) is 13.8 Å². The predicted octanol–water partition coefficient (Wildman–Crippen LogP) is 4.44. The van der Waals surface area contributed by atoms with Crippen LogP contribution in [0.1, 0.15) is 28.6 Å². The summed E-state index contributed by atoms with van der Waals surface area (Å²) in [5.41, 5.74) is 3.62. The molecule has 1 aliphatic heterocycles. The molecular weight excluding hydrogens is 412 g/mol. The van der Waals surface area contributed by atoms with Crippen molar-refractivity contribution in [3.8, 4) is 0 Å². The van der Waals surface area contributed by atoms with Crippen LogP contribution in [0.4, 0.5) is 5.69 Å². The lowest BCUT2D eigenvalue weighted by molar-refractivity contribution is -0.122. The highest BCUT2D eigenvalue weighted by Crippen LogP contribution is 2.26. The van der Waals surface area contributed by atoms with Crippen molar-refractivity contribution in [2.24, 2.45) is 0 Å². The summed E-state index contributed by atoms with van der Waals surface area (Å²) in [4.78, 5) is 17.9. The zero-order valence-corrected chi connectivity index (χ0v) is 18.6. The van der Waals surface area contributed by atoms with E-state index in [4.69, 9.17) is 16.1 Å². The first kappa shape index (κ1) is 21.6. The van der Waals surface area contributed by atoms with Gasteiger partial charge in [-0.1, -0.05) is 53.2 Å². The maximum Gasteiger partial charge on any atom is 0.246 e. The van der Waals surface area contributed by atoms with E-state index >= 15 is 0 Å². The average molecular weight is 439 g/mol. The fraction of sp³-hybridized carbons (Fsp3) is 0.333. The minimum absolute atomic E-state index is 0.0494. The Hall–Kier alpha value is -2.67. The van der Waals surface area contributed by atoms with Gasteiger partial charge in [-0.05, 0) is 37.1 Å². The van der Waals surface area contributed by atoms with Crippen molar-refractivity contribution in [3.05, 3.63) is 82.2 Å². The van der Waals surface area contributed by atoms with Gasteiger partial charge in [-0.15, -0.1) is 0 Å². The molecule has 1 N–H and O–H groups in total. The first-order valence-electron chi connectivity index (χ1n) is 10.5. The largest absolute Gasteiger partial charge is 0.361 e. The number of hydrogen-bond donors (Lipinski definition) is 1. The van der Waals surface area contributed by atoms with E-state index in [1.165, 1.54) is 0 Å². The van der Waals surface area contributed by atoms with Crippen molar-refractivity contribution in [2.75, 3.05) is 31.5 Å². The van der Waals surface area contributed by atoms with E-state index < -0.39 is 0 Å². The summed E-state index contributed by atoms with van der Waals surface area (Å²) in [6.07, 6.45) is 0. The van der Waals surface area contributed by atoms with Gasteiger partial charge >= 0.3 is 0 Å².